The Labute approximate surface area is 127 Å². The van der Waals surface area contributed by atoms with Crippen molar-refractivity contribution >= 4 is 10.0 Å². The van der Waals surface area contributed by atoms with E-state index >= 15 is 0 Å². The van der Waals surface area contributed by atoms with Gasteiger partial charge in [-0.1, -0.05) is 0 Å². The van der Waals surface area contributed by atoms with Gasteiger partial charge < -0.3 is 9.47 Å². The second-order valence-electron chi connectivity index (χ2n) is 5.44. The molecular formula is C14H17F2NO4S. The van der Waals surface area contributed by atoms with Crippen LogP contribution in [0.2, 0.25) is 0 Å². The summed E-state index contributed by atoms with van der Waals surface area (Å²) in [6.07, 6.45) is 1.57. The number of hydrogen-bond donors (Lipinski definition) is 0. The molecule has 0 aromatic heterocycles. The summed E-state index contributed by atoms with van der Waals surface area (Å²) in [6, 6.07) is 2.42. The quantitative estimate of drug-likeness (QED) is 0.829. The Bertz CT molecular complexity index is 649. The first-order valence-corrected chi connectivity index (χ1v) is 8.60. The van der Waals surface area contributed by atoms with Crippen molar-refractivity contribution in [1.29, 1.82) is 0 Å². The molecule has 0 aliphatic carbocycles. The molecule has 0 radical (unpaired) electrons. The highest BCUT2D eigenvalue weighted by molar-refractivity contribution is 7.89. The molecule has 3 rings (SSSR count). The zero-order valence-electron chi connectivity index (χ0n) is 11.9. The fourth-order valence-electron chi connectivity index (χ4n) is 2.79. The average Bonchev–Trinajstić information content (AvgIpc) is 2.51. The van der Waals surface area contributed by atoms with Crippen LogP contribution in [-0.4, -0.2) is 44.8 Å². The molecule has 1 aromatic rings. The van der Waals surface area contributed by atoms with E-state index in [-0.39, 0.29) is 13.1 Å². The molecule has 0 atom stereocenters. The summed E-state index contributed by atoms with van der Waals surface area (Å²) < 4.78 is 64.4. The van der Waals surface area contributed by atoms with Crippen LogP contribution in [0.25, 0.3) is 0 Å². The van der Waals surface area contributed by atoms with Crippen LogP contribution in [0, 0.1) is 11.6 Å². The van der Waals surface area contributed by atoms with E-state index in [1.54, 1.807) is 0 Å². The molecule has 0 N–H and O–H groups in total. The van der Waals surface area contributed by atoms with Gasteiger partial charge in [-0.15, -0.1) is 0 Å². The van der Waals surface area contributed by atoms with Crippen molar-refractivity contribution in [2.75, 3.05) is 26.3 Å². The molecule has 5 nitrogen and oxygen atoms in total. The van der Waals surface area contributed by atoms with E-state index in [2.05, 4.69) is 0 Å². The average molecular weight is 333 g/mol. The van der Waals surface area contributed by atoms with Gasteiger partial charge in [-0.2, -0.15) is 4.31 Å². The lowest BCUT2D eigenvalue weighted by Gasteiger charge is -2.42. The van der Waals surface area contributed by atoms with Gasteiger partial charge in [-0.05, 0) is 24.6 Å². The maximum Gasteiger partial charge on any atom is 0.246 e. The van der Waals surface area contributed by atoms with Gasteiger partial charge in [-0.25, -0.2) is 17.2 Å². The van der Waals surface area contributed by atoms with Crippen molar-refractivity contribution in [2.45, 2.75) is 29.9 Å². The molecular weight excluding hydrogens is 316 g/mol. The van der Waals surface area contributed by atoms with E-state index in [1.165, 1.54) is 0 Å². The third-order valence-corrected chi connectivity index (χ3v) is 5.93. The number of benzene rings is 1. The molecule has 2 aliphatic heterocycles. The van der Waals surface area contributed by atoms with Crippen molar-refractivity contribution in [3.05, 3.63) is 29.8 Å². The zero-order valence-corrected chi connectivity index (χ0v) is 12.7. The second-order valence-corrected chi connectivity index (χ2v) is 7.35. The molecule has 0 amide bonds. The summed E-state index contributed by atoms with van der Waals surface area (Å²) in [7, 11) is -4.06. The third-order valence-electron chi connectivity index (χ3n) is 4.01. The molecule has 0 saturated carbocycles. The number of rotatable bonds is 2. The number of hydrogen-bond acceptors (Lipinski definition) is 4. The number of piperidine rings is 1. The zero-order chi connectivity index (χ0) is 15.8. The van der Waals surface area contributed by atoms with Crippen molar-refractivity contribution in [1.82, 2.24) is 4.31 Å². The molecule has 1 aromatic carbocycles. The molecule has 2 saturated heterocycles. The number of halogens is 2. The summed E-state index contributed by atoms with van der Waals surface area (Å²) in [4.78, 5) is -0.631. The van der Waals surface area contributed by atoms with E-state index < -0.39 is 32.3 Å². The smallest absolute Gasteiger partial charge is 0.246 e. The van der Waals surface area contributed by atoms with Crippen LogP contribution in [0.5, 0.6) is 0 Å². The molecule has 2 heterocycles. The van der Waals surface area contributed by atoms with Gasteiger partial charge in [-0.3, -0.25) is 0 Å². The Hall–Kier alpha value is -1.09. The van der Waals surface area contributed by atoms with Crippen molar-refractivity contribution in [2.24, 2.45) is 0 Å². The summed E-state index contributed by atoms with van der Waals surface area (Å²) in [6.45, 7) is 1.48. The van der Waals surface area contributed by atoms with Crippen LogP contribution in [0.3, 0.4) is 0 Å². The lowest BCUT2D eigenvalue weighted by atomic mass is 10.0. The summed E-state index contributed by atoms with van der Waals surface area (Å²) in [5, 5.41) is 0. The van der Waals surface area contributed by atoms with Crippen LogP contribution in [-0.2, 0) is 19.5 Å². The number of nitrogens with zero attached hydrogens (tertiary/aromatic N) is 1. The van der Waals surface area contributed by atoms with E-state index in [4.69, 9.17) is 9.47 Å². The van der Waals surface area contributed by atoms with Crippen LogP contribution >= 0.6 is 0 Å². The largest absolute Gasteiger partial charge is 0.350 e. The van der Waals surface area contributed by atoms with Crippen molar-refractivity contribution < 1.29 is 26.7 Å². The fraction of sp³-hybridized carbons (Fsp3) is 0.571. The van der Waals surface area contributed by atoms with E-state index in [9.17, 15) is 17.2 Å². The van der Waals surface area contributed by atoms with Crippen LogP contribution in [0.1, 0.15) is 19.3 Å². The van der Waals surface area contributed by atoms with Crippen molar-refractivity contribution in [3.8, 4) is 0 Å². The second kappa shape index (κ2) is 5.84. The maximum atomic E-state index is 13.7. The summed E-state index contributed by atoms with van der Waals surface area (Å²) in [5.74, 6) is -2.47. The Morgan fingerprint density at radius 2 is 1.73 bits per heavy atom. The highest BCUT2D eigenvalue weighted by atomic mass is 32.2. The van der Waals surface area contributed by atoms with Crippen LogP contribution in [0.15, 0.2) is 23.1 Å². The predicted octanol–water partition coefficient (Wildman–Crippen LogP) is 1.88. The standard InChI is InChI=1S/C14H17F2NO4S/c15-11-2-3-12(16)13(10-11)22(18,19)17-6-4-14(5-7-17)20-8-1-9-21-14/h2-3,10H,1,4-9H2. The minimum absolute atomic E-state index is 0.151. The van der Waals surface area contributed by atoms with E-state index in [1.807, 2.05) is 0 Å². The Kier molecular flexibility index (Phi) is 4.19. The van der Waals surface area contributed by atoms with Gasteiger partial charge in [0.05, 0.1) is 13.2 Å². The highest BCUT2D eigenvalue weighted by Crippen LogP contribution is 2.33. The van der Waals surface area contributed by atoms with Gasteiger partial charge in [0, 0.05) is 25.9 Å². The van der Waals surface area contributed by atoms with Gasteiger partial charge in [0.25, 0.3) is 0 Å². The first kappa shape index (κ1) is 15.8. The minimum Gasteiger partial charge on any atom is -0.350 e. The van der Waals surface area contributed by atoms with E-state index in [0.717, 1.165) is 22.9 Å². The summed E-state index contributed by atoms with van der Waals surface area (Å²) >= 11 is 0. The van der Waals surface area contributed by atoms with Gasteiger partial charge >= 0.3 is 0 Å². The Balaban J connectivity index is 1.78. The molecule has 2 fully saturated rings. The van der Waals surface area contributed by atoms with Gasteiger partial charge in [0.2, 0.25) is 10.0 Å². The van der Waals surface area contributed by atoms with Crippen molar-refractivity contribution in [3.63, 3.8) is 0 Å². The lowest BCUT2D eigenvalue weighted by molar-refractivity contribution is -0.280. The van der Waals surface area contributed by atoms with Crippen LogP contribution in [0.4, 0.5) is 8.78 Å². The van der Waals surface area contributed by atoms with Gasteiger partial charge in [0.15, 0.2) is 5.79 Å². The minimum atomic E-state index is -4.06. The SMILES string of the molecule is O=S(=O)(c1cc(F)ccc1F)N1CCC2(CC1)OCCCO2. The predicted molar refractivity (Wildman–Crippen MR) is 73.6 cm³/mol. The first-order valence-electron chi connectivity index (χ1n) is 7.16. The Morgan fingerprint density at radius 3 is 2.36 bits per heavy atom. The molecule has 22 heavy (non-hydrogen) atoms. The maximum absolute atomic E-state index is 13.7. The van der Waals surface area contributed by atoms with Crippen LogP contribution < -0.4 is 0 Å². The normalized spacial score (nSPS) is 22.8. The molecule has 122 valence electrons. The topological polar surface area (TPSA) is 55.8 Å². The monoisotopic (exact) mass is 333 g/mol. The number of ether oxygens (including phenoxy) is 2. The van der Waals surface area contributed by atoms with Gasteiger partial charge in [0.1, 0.15) is 16.5 Å². The summed E-state index contributed by atoms with van der Waals surface area (Å²) in [5.41, 5.74) is 0. The number of sulfonamides is 1. The van der Waals surface area contributed by atoms with E-state index in [0.29, 0.717) is 32.1 Å². The molecule has 2 aliphatic rings. The Morgan fingerprint density at radius 1 is 1.09 bits per heavy atom. The molecule has 0 bridgehead atoms. The molecule has 0 unspecified atom stereocenters. The fourth-order valence-corrected chi connectivity index (χ4v) is 4.30. The lowest BCUT2D eigenvalue weighted by Crippen LogP contribution is -2.51. The third kappa shape index (κ3) is 2.88. The molecule has 1 spiro atoms. The first-order chi connectivity index (χ1) is 10.4. The molecule has 8 heteroatoms. The highest BCUT2D eigenvalue weighted by Gasteiger charge is 2.42.